The van der Waals surface area contributed by atoms with Crippen molar-refractivity contribution in [3.8, 4) is 0 Å². The van der Waals surface area contributed by atoms with E-state index in [2.05, 4.69) is 12.2 Å². The van der Waals surface area contributed by atoms with Crippen LogP contribution in [0.25, 0.3) is 0 Å². The van der Waals surface area contributed by atoms with E-state index < -0.39 is 0 Å². The molecule has 0 aromatic heterocycles. The molecule has 2 unspecified atom stereocenters. The number of hydrogen-bond donors (Lipinski definition) is 1. The molecule has 2 N–H and O–H groups in total. The average molecular weight is 323 g/mol. The van der Waals surface area contributed by atoms with Crippen molar-refractivity contribution in [2.24, 2.45) is 23.7 Å². The molecule has 2 aliphatic carbocycles. The van der Waals surface area contributed by atoms with Gasteiger partial charge >= 0.3 is 0 Å². The lowest BCUT2D eigenvalue weighted by Crippen LogP contribution is -2.33. The minimum Gasteiger partial charge on any atom is -0.397 e. The van der Waals surface area contributed by atoms with E-state index in [4.69, 9.17) is 28.9 Å². The number of amides is 2. The molecule has 4 rings (SSSR count). The Balaban J connectivity index is 1.80. The first-order valence-corrected chi connectivity index (χ1v) is 7.55. The minimum atomic E-state index is -0.249. The molecule has 0 spiro atoms. The maximum atomic E-state index is 12.7. The van der Waals surface area contributed by atoms with Crippen LogP contribution in [0.2, 0.25) is 10.0 Å². The van der Waals surface area contributed by atoms with Crippen molar-refractivity contribution in [2.75, 3.05) is 10.6 Å². The predicted molar refractivity (Wildman–Crippen MR) is 81.1 cm³/mol. The Morgan fingerprint density at radius 3 is 2.10 bits per heavy atom. The fourth-order valence-electron chi connectivity index (χ4n) is 3.89. The highest BCUT2D eigenvalue weighted by atomic mass is 35.5. The molecule has 1 saturated heterocycles. The van der Waals surface area contributed by atoms with Crippen molar-refractivity contribution >= 4 is 46.4 Å². The van der Waals surface area contributed by atoms with Crippen LogP contribution < -0.4 is 10.6 Å². The topological polar surface area (TPSA) is 63.4 Å². The second kappa shape index (κ2) is 4.24. The highest BCUT2D eigenvalue weighted by Gasteiger charge is 2.59. The molecule has 2 bridgehead atoms. The number of fused-ring (bicyclic) bond motifs is 5. The zero-order valence-corrected chi connectivity index (χ0v) is 12.4. The summed E-state index contributed by atoms with van der Waals surface area (Å²) in [6, 6.07) is 2.96. The Kier molecular flexibility index (Phi) is 2.66. The lowest BCUT2D eigenvalue weighted by atomic mass is 9.85. The van der Waals surface area contributed by atoms with Crippen LogP contribution in [-0.2, 0) is 9.59 Å². The lowest BCUT2D eigenvalue weighted by molar-refractivity contribution is -0.123. The van der Waals surface area contributed by atoms with Crippen molar-refractivity contribution in [1.29, 1.82) is 0 Å². The predicted octanol–water partition coefficient (Wildman–Crippen LogP) is 2.89. The molecule has 1 heterocycles. The molecule has 1 aromatic rings. The van der Waals surface area contributed by atoms with Crippen molar-refractivity contribution in [2.45, 2.75) is 6.42 Å². The van der Waals surface area contributed by atoms with E-state index in [1.165, 1.54) is 17.0 Å². The summed E-state index contributed by atoms with van der Waals surface area (Å²) in [5, 5.41) is 0.582. The van der Waals surface area contributed by atoms with Gasteiger partial charge in [-0.25, -0.2) is 4.90 Å². The normalized spacial score (nSPS) is 33.1. The summed E-state index contributed by atoms with van der Waals surface area (Å²) in [6.07, 6.45) is 5.01. The molecule has 2 fully saturated rings. The highest BCUT2D eigenvalue weighted by molar-refractivity contribution is 6.42. The monoisotopic (exact) mass is 322 g/mol. The Labute approximate surface area is 131 Å². The smallest absolute Gasteiger partial charge is 0.238 e. The number of hydrogen-bond acceptors (Lipinski definition) is 3. The Bertz CT molecular complexity index is 686. The largest absolute Gasteiger partial charge is 0.397 e. The molecular formula is C15H12Cl2N2O2. The zero-order chi connectivity index (χ0) is 14.9. The number of allylic oxidation sites excluding steroid dienone is 2. The minimum absolute atomic E-state index is 0.172. The van der Waals surface area contributed by atoms with E-state index >= 15 is 0 Å². The van der Waals surface area contributed by atoms with Crippen LogP contribution in [0.5, 0.6) is 0 Å². The van der Waals surface area contributed by atoms with Crippen LogP contribution >= 0.6 is 23.2 Å². The molecule has 4 atom stereocenters. The Morgan fingerprint density at radius 2 is 1.52 bits per heavy atom. The van der Waals surface area contributed by atoms with Crippen LogP contribution in [0.1, 0.15) is 6.42 Å². The summed E-state index contributed by atoms with van der Waals surface area (Å²) in [5.74, 6) is -0.502. The van der Waals surface area contributed by atoms with E-state index in [1.807, 2.05) is 0 Å². The van der Waals surface area contributed by atoms with Gasteiger partial charge in [0.1, 0.15) is 0 Å². The van der Waals surface area contributed by atoms with Gasteiger partial charge in [-0.3, -0.25) is 9.59 Å². The van der Waals surface area contributed by atoms with Crippen molar-refractivity contribution in [3.05, 3.63) is 34.3 Å². The van der Waals surface area contributed by atoms with Crippen LogP contribution in [0.4, 0.5) is 11.4 Å². The quantitative estimate of drug-likeness (QED) is 0.491. The third kappa shape index (κ3) is 1.63. The number of benzene rings is 1. The summed E-state index contributed by atoms with van der Waals surface area (Å²) >= 11 is 11.9. The third-order valence-electron chi connectivity index (χ3n) is 4.78. The Hall–Kier alpha value is -1.52. The van der Waals surface area contributed by atoms with Gasteiger partial charge in [-0.2, -0.15) is 0 Å². The first kappa shape index (κ1) is 13.2. The van der Waals surface area contributed by atoms with Gasteiger partial charge in [0, 0.05) is 0 Å². The molecule has 1 saturated carbocycles. The van der Waals surface area contributed by atoms with Crippen LogP contribution in [0, 0.1) is 23.7 Å². The number of anilines is 2. The van der Waals surface area contributed by atoms with Crippen molar-refractivity contribution < 1.29 is 9.59 Å². The number of nitrogen functional groups attached to an aromatic ring is 1. The van der Waals surface area contributed by atoms with Gasteiger partial charge in [0.2, 0.25) is 11.8 Å². The van der Waals surface area contributed by atoms with Gasteiger partial charge in [-0.05, 0) is 30.4 Å². The average Bonchev–Trinajstić information content (AvgIpc) is 3.09. The Morgan fingerprint density at radius 1 is 1.00 bits per heavy atom. The molecule has 21 heavy (non-hydrogen) atoms. The third-order valence-corrected chi connectivity index (χ3v) is 5.50. The number of carbonyl (C=O) groups is 2. The van der Waals surface area contributed by atoms with Gasteiger partial charge in [-0.1, -0.05) is 35.4 Å². The molecule has 6 heteroatoms. The van der Waals surface area contributed by atoms with Crippen LogP contribution in [-0.4, -0.2) is 11.8 Å². The number of carbonyl (C=O) groups excluding carboxylic acids is 2. The van der Waals surface area contributed by atoms with Gasteiger partial charge < -0.3 is 5.73 Å². The molecular weight excluding hydrogens is 311 g/mol. The summed E-state index contributed by atoms with van der Waals surface area (Å²) in [5.41, 5.74) is 6.55. The highest BCUT2D eigenvalue weighted by Crippen LogP contribution is 2.53. The first-order chi connectivity index (χ1) is 9.99. The van der Waals surface area contributed by atoms with Gasteiger partial charge in [0.05, 0.1) is 33.3 Å². The van der Waals surface area contributed by atoms with Gasteiger partial charge in [-0.15, -0.1) is 0 Å². The molecule has 1 aromatic carbocycles. The summed E-state index contributed by atoms with van der Waals surface area (Å²) in [7, 11) is 0. The van der Waals surface area contributed by atoms with Crippen molar-refractivity contribution in [3.63, 3.8) is 0 Å². The molecule has 3 aliphatic rings. The standard InChI is InChI=1S/C15H12Cl2N2O2/c16-8-4-10(18)11(5-9(8)17)19-14(20)12-6-1-2-7(3-6)13(12)15(19)21/h1-2,4-7,12-13H,3,18H2/t6?,7?,12-,13+. The SMILES string of the molecule is Nc1cc(Cl)c(Cl)cc1N1C(=O)[C@@H]2C3C=CC(C3)[C@@H]2C1=O. The zero-order valence-electron chi connectivity index (χ0n) is 10.9. The fourth-order valence-corrected chi connectivity index (χ4v) is 4.22. The van der Waals surface area contributed by atoms with E-state index in [0.29, 0.717) is 10.7 Å². The van der Waals surface area contributed by atoms with Gasteiger partial charge in [0.15, 0.2) is 0 Å². The summed E-state index contributed by atoms with van der Waals surface area (Å²) < 4.78 is 0. The number of nitrogens with two attached hydrogens (primary N) is 1. The summed E-state index contributed by atoms with van der Waals surface area (Å²) in [6.45, 7) is 0. The van der Waals surface area contributed by atoms with Crippen molar-refractivity contribution in [1.82, 2.24) is 0 Å². The number of nitrogens with zero attached hydrogens (tertiary/aromatic N) is 1. The van der Waals surface area contributed by atoms with Gasteiger partial charge in [0.25, 0.3) is 0 Å². The van der Waals surface area contributed by atoms with Crippen LogP contribution in [0.15, 0.2) is 24.3 Å². The number of imide groups is 1. The second-order valence-corrected chi connectivity index (χ2v) is 6.65. The van der Waals surface area contributed by atoms with E-state index in [1.54, 1.807) is 0 Å². The molecule has 2 amide bonds. The first-order valence-electron chi connectivity index (χ1n) is 6.79. The van der Waals surface area contributed by atoms with E-state index in [9.17, 15) is 9.59 Å². The lowest BCUT2D eigenvalue weighted by Gasteiger charge is -2.19. The molecule has 4 nitrogen and oxygen atoms in total. The molecule has 0 radical (unpaired) electrons. The molecule has 108 valence electrons. The number of halogens is 2. The molecule has 1 aliphatic heterocycles. The summed E-state index contributed by atoms with van der Waals surface area (Å²) in [4.78, 5) is 26.5. The maximum Gasteiger partial charge on any atom is 0.238 e. The van der Waals surface area contributed by atoms with E-state index in [0.717, 1.165) is 6.42 Å². The fraction of sp³-hybridized carbons (Fsp3) is 0.333. The maximum absolute atomic E-state index is 12.7. The second-order valence-electron chi connectivity index (χ2n) is 5.84. The number of rotatable bonds is 1. The van der Waals surface area contributed by atoms with Crippen LogP contribution in [0.3, 0.4) is 0 Å². The van der Waals surface area contributed by atoms with E-state index in [-0.39, 0.29) is 46.2 Å².